The first kappa shape index (κ1) is 11.0. The van der Waals surface area contributed by atoms with E-state index in [-0.39, 0.29) is 5.41 Å². The van der Waals surface area contributed by atoms with Crippen LogP contribution in [0.5, 0.6) is 0 Å². The highest BCUT2D eigenvalue weighted by Gasteiger charge is 2.43. The van der Waals surface area contributed by atoms with E-state index < -0.39 is 5.97 Å². The Balaban J connectivity index is 2.21. The number of rotatable bonds is 6. The highest BCUT2D eigenvalue weighted by Crippen LogP contribution is 2.45. The smallest absolute Gasteiger partial charge is 0.309 e. The Morgan fingerprint density at radius 2 is 2.00 bits per heavy atom. The van der Waals surface area contributed by atoms with Gasteiger partial charge in [0.05, 0.1) is 5.41 Å². The first-order valence-corrected chi connectivity index (χ1v) is 6.13. The maximum Gasteiger partial charge on any atom is 0.309 e. The van der Waals surface area contributed by atoms with E-state index in [2.05, 4.69) is 15.9 Å². The fourth-order valence-corrected chi connectivity index (χ4v) is 2.31. The lowest BCUT2D eigenvalue weighted by Crippen LogP contribution is -2.37. The van der Waals surface area contributed by atoms with E-state index in [4.69, 9.17) is 5.11 Å². The van der Waals surface area contributed by atoms with Gasteiger partial charge >= 0.3 is 5.97 Å². The first-order valence-electron chi connectivity index (χ1n) is 5.01. The Morgan fingerprint density at radius 1 is 1.31 bits per heavy atom. The van der Waals surface area contributed by atoms with Gasteiger partial charge in [0.2, 0.25) is 0 Å². The van der Waals surface area contributed by atoms with E-state index in [9.17, 15) is 4.79 Å². The van der Waals surface area contributed by atoms with Crippen molar-refractivity contribution in [2.45, 2.75) is 44.9 Å². The summed E-state index contributed by atoms with van der Waals surface area (Å²) < 4.78 is 0. The molecule has 0 radical (unpaired) electrons. The molecule has 0 aromatic heterocycles. The highest BCUT2D eigenvalue weighted by atomic mass is 79.9. The van der Waals surface area contributed by atoms with Gasteiger partial charge in [-0.05, 0) is 25.7 Å². The molecule has 0 bridgehead atoms. The van der Waals surface area contributed by atoms with Crippen molar-refractivity contribution in [2.24, 2.45) is 5.41 Å². The summed E-state index contributed by atoms with van der Waals surface area (Å²) >= 11 is 3.37. The average molecular weight is 249 g/mol. The number of aliphatic carboxylic acids is 1. The molecule has 0 aliphatic heterocycles. The van der Waals surface area contributed by atoms with Crippen LogP contribution in [-0.2, 0) is 4.79 Å². The number of alkyl halides is 1. The van der Waals surface area contributed by atoms with Crippen molar-refractivity contribution in [3.63, 3.8) is 0 Å². The largest absolute Gasteiger partial charge is 0.481 e. The zero-order valence-electron chi connectivity index (χ0n) is 7.89. The number of halogens is 1. The lowest BCUT2D eigenvalue weighted by atomic mass is 9.66. The molecule has 1 saturated carbocycles. The number of unbranched alkanes of at least 4 members (excludes halogenated alkanes) is 2. The molecule has 1 aliphatic rings. The minimum absolute atomic E-state index is 0.327. The van der Waals surface area contributed by atoms with Crippen molar-refractivity contribution in [3.05, 3.63) is 0 Å². The molecule has 0 aromatic carbocycles. The number of carboxylic acid groups (broad SMARTS) is 1. The van der Waals surface area contributed by atoms with Gasteiger partial charge < -0.3 is 5.11 Å². The lowest BCUT2D eigenvalue weighted by molar-refractivity contribution is -0.155. The molecule has 3 heteroatoms. The number of carboxylic acids is 1. The number of carbonyl (C=O) groups is 1. The SMILES string of the molecule is O=C(O)C1(CCCCCBr)CCC1. The molecule has 76 valence electrons. The molecule has 0 spiro atoms. The summed E-state index contributed by atoms with van der Waals surface area (Å²) in [6, 6.07) is 0. The minimum atomic E-state index is -0.572. The highest BCUT2D eigenvalue weighted by molar-refractivity contribution is 9.09. The van der Waals surface area contributed by atoms with E-state index in [1.165, 1.54) is 0 Å². The first-order chi connectivity index (χ1) is 6.21. The Labute approximate surface area is 87.8 Å². The van der Waals surface area contributed by atoms with Crippen LogP contribution in [-0.4, -0.2) is 16.4 Å². The molecule has 2 nitrogen and oxygen atoms in total. The molecule has 13 heavy (non-hydrogen) atoms. The van der Waals surface area contributed by atoms with Crippen molar-refractivity contribution >= 4 is 21.9 Å². The minimum Gasteiger partial charge on any atom is -0.481 e. The van der Waals surface area contributed by atoms with Gasteiger partial charge in [-0.15, -0.1) is 0 Å². The summed E-state index contributed by atoms with van der Waals surface area (Å²) in [6.45, 7) is 0. The van der Waals surface area contributed by atoms with Crippen LogP contribution >= 0.6 is 15.9 Å². The van der Waals surface area contributed by atoms with E-state index >= 15 is 0 Å². The van der Waals surface area contributed by atoms with E-state index in [0.717, 1.165) is 50.3 Å². The molecular formula is C10H17BrO2. The van der Waals surface area contributed by atoms with Crippen LogP contribution in [0.15, 0.2) is 0 Å². The van der Waals surface area contributed by atoms with Gasteiger partial charge in [0.25, 0.3) is 0 Å². The van der Waals surface area contributed by atoms with Crippen molar-refractivity contribution in [1.82, 2.24) is 0 Å². The van der Waals surface area contributed by atoms with E-state index in [1.807, 2.05) is 0 Å². The standard InChI is InChI=1S/C10H17BrO2/c11-8-3-1-2-5-10(9(12)13)6-4-7-10/h1-8H2,(H,12,13). The molecule has 1 rings (SSSR count). The van der Waals surface area contributed by atoms with Crippen LogP contribution in [0.1, 0.15) is 44.9 Å². The molecule has 1 aliphatic carbocycles. The predicted octanol–water partition coefficient (Wildman–Crippen LogP) is 3.20. The molecule has 0 unspecified atom stereocenters. The number of hydrogen-bond donors (Lipinski definition) is 1. The summed E-state index contributed by atoms with van der Waals surface area (Å²) in [5.74, 6) is -0.572. The fourth-order valence-electron chi connectivity index (χ4n) is 1.91. The third-order valence-electron chi connectivity index (χ3n) is 3.05. The Bertz CT molecular complexity index is 176. The fraction of sp³-hybridized carbons (Fsp3) is 0.900. The van der Waals surface area contributed by atoms with Gasteiger partial charge in [-0.2, -0.15) is 0 Å². The second-order valence-electron chi connectivity index (χ2n) is 3.94. The van der Waals surface area contributed by atoms with Crippen LogP contribution in [0.2, 0.25) is 0 Å². The van der Waals surface area contributed by atoms with Crippen molar-refractivity contribution in [1.29, 1.82) is 0 Å². The van der Waals surface area contributed by atoms with Gasteiger partial charge in [-0.3, -0.25) is 4.79 Å². The normalized spacial score (nSPS) is 19.5. The van der Waals surface area contributed by atoms with Crippen LogP contribution in [0.4, 0.5) is 0 Å². The second kappa shape index (κ2) is 4.99. The van der Waals surface area contributed by atoms with Crippen LogP contribution < -0.4 is 0 Å². The molecule has 0 heterocycles. The molecule has 0 saturated heterocycles. The van der Waals surface area contributed by atoms with Crippen molar-refractivity contribution in [3.8, 4) is 0 Å². The number of hydrogen-bond acceptors (Lipinski definition) is 1. The average Bonchev–Trinajstić information content (AvgIpc) is 2.01. The van der Waals surface area contributed by atoms with E-state index in [1.54, 1.807) is 0 Å². The molecule has 0 atom stereocenters. The molecule has 1 fully saturated rings. The lowest BCUT2D eigenvalue weighted by Gasteiger charge is -2.37. The third kappa shape index (κ3) is 2.70. The Hall–Kier alpha value is -0.0500. The summed E-state index contributed by atoms with van der Waals surface area (Å²) in [6.07, 6.45) is 7.17. The van der Waals surface area contributed by atoms with Crippen molar-refractivity contribution < 1.29 is 9.90 Å². The summed E-state index contributed by atoms with van der Waals surface area (Å²) in [5.41, 5.74) is -0.327. The van der Waals surface area contributed by atoms with Gasteiger partial charge in [-0.1, -0.05) is 35.2 Å². The van der Waals surface area contributed by atoms with E-state index in [0.29, 0.717) is 0 Å². The van der Waals surface area contributed by atoms with Crippen molar-refractivity contribution in [2.75, 3.05) is 5.33 Å². The zero-order chi connectivity index (χ0) is 9.73. The quantitative estimate of drug-likeness (QED) is 0.579. The molecule has 0 amide bonds. The monoisotopic (exact) mass is 248 g/mol. The molecule has 0 aromatic rings. The van der Waals surface area contributed by atoms with Gasteiger partial charge in [0.1, 0.15) is 0 Å². The maximum absolute atomic E-state index is 11.0. The third-order valence-corrected chi connectivity index (χ3v) is 3.61. The predicted molar refractivity (Wildman–Crippen MR) is 56.2 cm³/mol. The topological polar surface area (TPSA) is 37.3 Å². The maximum atomic E-state index is 11.0. The summed E-state index contributed by atoms with van der Waals surface area (Å²) in [7, 11) is 0. The van der Waals surface area contributed by atoms with Gasteiger partial charge in [0, 0.05) is 5.33 Å². The summed E-state index contributed by atoms with van der Waals surface area (Å²) in [5, 5.41) is 10.1. The zero-order valence-corrected chi connectivity index (χ0v) is 9.48. The van der Waals surface area contributed by atoms with Crippen LogP contribution in [0.25, 0.3) is 0 Å². The molecular weight excluding hydrogens is 232 g/mol. The van der Waals surface area contributed by atoms with Gasteiger partial charge in [-0.25, -0.2) is 0 Å². The molecule has 1 N–H and O–H groups in total. The Kier molecular flexibility index (Phi) is 4.23. The summed E-state index contributed by atoms with van der Waals surface area (Å²) in [4.78, 5) is 11.0. The second-order valence-corrected chi connectivity index (χ2v) is 4.73. The van der Waals surface area contributed by atoms with Crippen LogP contribution in [0, 0.1) is 5.41 Å². The van der Waals surface area contributed by atoms with Gasteiger partial charge in [0.15, 0.2) is 0 Å². The Morgan fingerprint density at radius 3 is 2.38 bits per heavy atom. The van der Waals surface area contributed by atoms with Crippen LogP contribution in [0.3, 0.4) is 0 Å².